The topological polar surface area (TPSA) is 61.8 Å². The van der Waals surface area contributed by atoms with Gasteiger partial charge in [0.25, 0.3) is 0 Å². The second-order valence-corrected chi connectivity index (χ2v) is 10.1. The first kappa shape index (κ1) is 25.7. The van der Waals surface area contributed by atoms with Crippen LogP contribution in [0.25, 0.3) is 0 Å². The maximum absolute atomic E-state index is 14.4. The van der Waals surface area contributed by atoms with Crippen LogP contribution in [-0.2, 0) is 24.2 Å². The molecule has 0 amide bonds. The maximum Gasteiger partial charge on any atom is 0.128 e. The standard InChI is InChI=1S/C30H35FN2O3/c1-21-24(19-32-25-11-10-22(7-5-17-34)28(31)18-25)9-8-23-6-4-16-33(29(21)23)26-12-14-27(15-13-26)36-20-30(2,3)35/h8-15,17-18,32,35H,4-7,16,19-20H2,1-3H3. The number of nitrogens with one attached hydrogen (secondary N) is 1. The van der Waals surface area contributed by atoms with Crippen molar-refractivity contribution in [2.45, 2.75) is 58.6 Å². The van der Waals surface area contributed by atoms with E-state index in [0.717, 1.165) is 48.4 Å². The SMILES string of the molecule is Cc1c(CNc2ccc(CCC=O)c(F)c2)ccc2c1N(c1ccc(OCC(C)(C)O)cc1)CCC2. The molecule has 0 fully saturated rings. The molecule has 1 aliphatic rings. The van der Waals surface area contributed by atoms with Crippen molar-refractivity contribution in [3.05, 3.63) is 82.7 Å². The van der Waals surface area contributed by atoms with E-state index in [0.29, 0.717) is 24.9 Å². The van der Waals surface area contributed by atoms with Gasteiger partial charge in [-0.3, -0.25) is 0 Å². The number of benzene rings is 3. The van der Waals surface area contributed by atoms with Crippen molar-refractivity contribution in [2.75, 3.05) is 23.4 Å². The first-order valence-electron chi connectivity index (χ1n) is 12.6. The molecule has 5 nitrogen and oxygen atoms in total. The third-order valence-electron chi connectivity index (χ3n) is 6.53. The maximum atomic E-state index is 14.4. The Balaban J connectivity index is 1.50. The number of hydrogen-bond acceptors (Lipinski definition) is 5. The molecule has 0 saturated heterocycles. The van der Waals surface area contributed by atoms with Crippen LogP contribution in [0.5, 0.6) is 5.75 Å². The second kappa shape index (κ2) is 11.1. The van der Waals surface area contributed by atoms with E-state index in [2.05, 4.69) is 41.4 Å². The molecule has 36 heavy (non-hydrogen) atoms. The van der Waals surface area contributed by atoms with Gasteiger partial charge in [-0.25, -0.2) is 4.39 Å². The van der Waals surface area contributed by atoms with Crippen LogP contribution in [0.1, 0.15) is 48.9 Å². The number of ether oxygens (including phenoxy) is 1. The Morgan fingerprint density at radius 3 is 2.56 bits per heavy atom. The summed E-state index contributed by atoms with van der Waals surface area (Å²) in [6.07, 6.45) is 3.68. The molecule has 0 radical (unpaired) electrons. The van der Waals surface area contributed by atoms with E-state index in [1.807, 2.05) is 18.2 Å². The highest BCUT2D eigenvalue weighted by molar-refractivity contribution is 5.72. The minimum atomic E-state index is -0.879. The molecule has 0 saturated carbocycles. The highest BCUT2D eigenvalue weighted by atomic mass is 19.1. The molecular formula is C30H35FN2O3. The van der Waals surface area contributed by atoms with Gasteiger partial charge in [0.15, 0.2) is 0 Å². The number of aryl methyl sites for hydroxylation is 2. The van der Waals surface area contributed by atoms with Crippen LogP contribution < -0.4 is 15.0 Å². The van der Waals surface area contributed by atoms with Gasteiger partial charge in [-0.2, -0.15) is 0 Å². The predicted molar refractivity (Wildman–Crippen MR) is 143 cm³/mol. The summed E-state index contributed by atoms with van der Waals surface area (Å²) in [6.45, 7) is 7.36. The highest BCUT2D eigenvalue weighted by Gasteiger charge is 2.22. The Labute approximate surface area is 212 Å². The summed E-state index contributed by atoms with van der Waals surface area (Å²) in [5, 5.41) is 13.3. The zero-order valence-electron chi connectivity index (χ0n) is 21.3. The molecule has 1 heterocycles. The third-order valence-corrected chi connectivity index (χ3v) is 6.53. The summed E-state index contributed by atoms with van der Waals surface area (Å²) in [7, 11) is 0. The summed E-state index contributed by atoms with van der Waals surface area (Å²) in [4.78, 5) is 12.9. The predicted octanol–water partition coefficient (Wildman–Crippen LogP) is 6.11. The zero-order chi connectivity index (χ0) is 25.7. The molecule has 0 bridgehead atoms. The smallest absolute Gasteiger partial charge is 0.128 e. The quantitative estimate of drug-likeness (QED) is 0.336. The van der Waals surface area contributed by atoms with Gasteiger partial charge < -0.3 is 24.9 Å². The highest BCUT2D eigenvalue weighted by Crippen LogP contribution is 2.38. The average molecular weight is 491 g/mol. The molecule has 6 heteroatoms. The fourth-order valence-corrected chi connectivity index (χ4v) is 4.62. The second-order valence-electron chi connectivity index (χ2n) is 10.1. The summed E-state index contributed by atoms with van der Waals surface area (Å²) in [6, 6.07) is 17.5. The molecule has 0 aromatic heterocycles. The van der Waals surface area contributed by atoms with Crippen molar-refractivity contribution >= 4 is 23.3 Å². The van der Waals surface area contributed by atoms with Crippen molar-refractivity contribution in [2.24, 2.45) is 0 Å². The fraction of sp³-hybridized carbons (Fsp3) is 0.367. The molecule has 0 atom stereocenters. The van der Waals surface area contributed by atoms with Gasteiger partial charge in [-0.15, -0.1) is 0 Å². The number of hydrogen-bond donors (Lipinski definition) is 2. The Hall–Kier alpha value is -3.38. The number of aliphatic hydroxyl groups is 1. The van der Waals surface area contributed by atoms with E-state index >= 15 is 0 Å². The molecule has 3 aromatic rings. The van der Waals surface area contributed by atoms with Crippen LogP contribution >= 0.6 is 0 Å². The number of nitrogens with zero attached hydrogens (tertiary/aromatic N) is 1. The Morgan fingerprint density at radius 1 is 1.11 bits per heavy atom. The number of halogens is 1. The average Bonchev–Trinajstić information content (AvgIpc) is 2.86. The number of anilines is 3. The van der Waals surface area contributed by atoms with Gasteiger partial charge in [-0.05, 0) is 98.7 Å². The van der Waals surface area contributed by atoms with Gasteiger partial charge in [0.1, 0.15) is 24.5 Å². The molecule has 4 rings (SSSR count). The van der Waals surface area contributed by atoms with E-state index in [-0.39, 0.29) is 12.4 Å². The Morgan fingerprint density at radius 2 is 1.86 bits per heavy atom. The number of aldehydes is 1. The zero-order valence-corrected chi connectivity index (χ0v) is 21.3. The lowest BCUT2D eigenvalue weighted by Gasteiger charge is -2.34. The van der Waals surface area contributed by atoms with Gasteiger partial charge >= 0.3 is 0 Å². The van der Waals surface area contributed by atoms with Gasteiger partial charge in [-0.1, -0.05) is 18.2 Å². The lowest BCUT2D eigenvalue weighted by Crippen LogP contribution is -2.28. The number of carbonyl (C=O) groups is 1. The largest absolute Gasteiger partial charge is 0.491 e. The fourth-order valence-electron chi connectivity index (χ4n) is 4.62. The van der Waals surface area contributed by atoms with E-state index in [4.69, 9.17) is 4.74 Å². The minimum absolute atomic E-state index is 0.236. The van der Waals surface area contributed by atoms with Crippen LogP contribution in [0.2, 0.25) is 0 Å². The van der Waals surface area contributed by atoms with E-state index in [1.165, 1.54) is 22.9 Å². The van der Waals surface area contributed by atoms with Crippen molar-refractivity contribution in [3.8, 4) is 5.75 Å². The van der Waals surface area contributed by atoms with Gasteiger partial charge in [0.05, 0.1) is 5.60 Å². The van der Waals surface area contributed by atoms with Crippen LogP contribution in [0.15, 0.2) is 54.6 Å². The first-order valence-corrected chi connectivity index (χ1v) is 12.6. The van der Waals surface area contributed by atoms with Crippen LogP contribution in [0.4, 0.5) is 21.5 Å². The molecule has 0 aliphatic carbocycles. The van der Waals surface area contributed by atoms with Crippen molar-refractivity contribution in [1.82, 2.24) is 0 Å². The third kappa shape index (κ3) is 6.24. The first-order chi connectivity index (χ1) is 17.2. The number of rotatable bonds is 10. The molecule has 2 N–H and O–H groups in total. The summed E-state index contributed by atoms with van der Waals surface area (Å²) in [5.41, 5.74) is 6.45. The minimum Gasteiger partial charge on any atom is -0.491 e. The Kier molecular flexibility index (Phi) is 7.94. The van der Waals surface area contributed by atoms with Crippen LogP contribution in [-0.4, -0.2) is 30.1 Å². The lowest BCUT2D eigenvalue weighted by molar-refractivity contribution is -0.107. The summed E-state index contributed by atoms with van der Waals surface area (Å²) >= 11 is 0. The molecule has 3 aromatic carbocycles. The molecule has 1 aliphatic heterocycles. The summed E-state index contributed by atoms with van der Waals surface area (Å²) < 4.78 is 20.1. The van der Waals surface area contributed by atoms with Crippen LogP contribution in [0.3, 0.4) is 0 Å². The number of fused-ring (bicyclic) bond motifs is 1. The monoisotopic (exact) mass is 490 g/mol. The van der Waals surface area contributed by atoms with Crippen molar-refractivity contribution < 1.29 is 19.0 Å². The van der Waals surface area contributed by atoms with E-state index in [1.54, 1.807) is 19.9 Å². The van der Waals surface area contributed by atoms with Crippen LogP contribution in [0, 0.1) is 12.7 Å². The summed E-state index contributed by atoms with van der Waals surface area (Å²) in [5.74, 6) is 0.447. The van der Waals surface area contributed by atoms with Crippen molar-refractivity contribution in [1.29, 1.82) is 0 Å². The van der Waals surface area contributed by atoms with E-state index in [9.17, 15) is 14.3 Å². The van der Waals surface area contributed by atoms with Gasteiger partial charge in [0.2, 0.25) is 0 Å². The molecule has 190 valence electrons. The van der Waals surface area contributed by atoms with Gasteiger partial charge in [0, 0.05) is 36.6 Å². The lowest BCUT2D eigenvalue weighted by atomic mass is 9.94. The Bertz CT molecular complexity index is 1200. The number of carbonyl (C=O) groups excluding carboxylic acids is 1. The molecular weight excluding hydrogens is 455 g/mol. The molecule has 0 spiro atoms. The molecule has 0 unspecified atom stereocenters. The van der Waals surface area contributed by atoms with Crippen molar-refractivity contribution in [3.63, 3.8) is 0 Å². The normalized spacial score (nSPS) is 13.3. The van der Waals surface area contributed by atoms with E-state index < -0.39 is 5.60 Å².